The molecule has 2 aromatic carbocycles. The van der Waals surface area contributed by atoms with Crippen molar-refractivity contribution in [2.24, 2.45) is 0 Å². The van der Waals surface area contributed by atoms with Gasteiger partial charge >= 0.3 is 0 Å². The highest BCUT2D eigenvalue weighted by Gasteiger charge is 2.38. The molecule has 2 aliphatic heterocycles. The number of ether oxygens (including phenoxy) is 2. The third-order valence-electron chi connectivity index (χ3n) is 4.77. The Hall–Kier alpha value is -1.13. The number of hydrogen-bond donors (Lipinski definition) is 1. The van der Waals surface area contributed by atoms with E-state index in [-0.39, 0.29) is 6.10 Å². The Kier molecular flexibility index (Phi) is 4.76. The van der Waals surface area contributed by atoms with Crippen LogP contribution in [0.2, 0.25) is 15.1 Å². The smallest absolute Gasteiger partial charge is 0.165 e. The van der Waals surface area contributed by atoms with Gasteiger partial charge in [-0.3, -0.25) is 0 Å². The minimum atomic E-state index is 0.196. The number of nitrogens with one attached hydrogen (secondary N) is 1. The standard InChI is InChI=1S/C19H18Cl3NO2/c1-2-24-17-6-10(18-14(21)7-11(20)8-15(18)22)5-12-13-9-23-4-3-16(13)25-19(12)17/h5-8,13,16,23H,2-4,9H2,1H3/t13-,16-/m0/s1. The number of fused-ring (bicyclic) bond motifs is 3. The first kappa shape index (κ1) is 17.3. The molecule has 6 heteroatoms. The summed E-state index contributed by atoms with van der Waals surface area (Å²) in [5.41, 5.74) is 2.84. The molecule has 2 aliphatic rings. The molecular weight excluding hydrogens is 381 g/mol. The van der Waals surface area contributed by atoms with E-state index >= 15 is 0 Å². The summed E-state index contributed by atoms with van der Waals surface area (Å²) < 4.78 is 12.1. The predicted octanol–water partition coefficient (Wildman–Crippen LogP) is 5.55. The van der Waals surface area contributed by atoms with E-state index in [1.165, 1.54) is 0 Å². The van der Waals surface area contributed by atoms with Gasteiger partial charge in [0.05, 0.1) is 16.7 Å². The molecule has 2 heterocycles. The second-order valence-electron chi connectivity index (χ2n) is 6.33. The van der Waals surface area contributed by atoms with E-state index in [4.69, 9.17) is 44.3 Å². The molecule has 0 radical (unpaired) electrons. The van der Waals surface area contributed by atoms with Crippen LogP contribution in [0.1, 0.15) is 24.8 Å². The summed E-state index contributed by atoms with van der Waals surface area (Å²) in [6, 6.07) is 7.49. The maximum absolute atomic E-state index is 6.43. The molecule has 2 atom stereocenters. The SMILES string of the molecule is CCOc1cc(-c2c(Cl)cc(Cl)cc2Cl)cc2c1O[C@H]1CCNC[C@@H]21. The van der Waals surface area contributed by atoms with Gasteiger partial charge in [-0.05, 0) is 49.7 Å². The first-order valence-corrected chi connectivity index (χ1v) is 9.55. The minimum absolute atomic E-state index is 0.196. The lowest BCUT2D eigenvalue weighted by atomic mass is 9.89. The molecule has 0 saturated carbocycles. The van der Waals surface area contributed by atoms with Crippen LogP contribution in [0.4, 0.5) is 0 Å². The molecule has 25 heavy (non-hydrogen) atoms. The van der Waals surface area contributed by atoms with Crippen molar-refractivity contribution in [3.05, 3.63) is 44.9 Å². The van der Waals surface area contributed by atoms with Crippen LogP contribution >= 0.6 is 34.8 Å². The largest absolute Gasteiger partial charge is 0.490 e. The van der Waals surface area contributed by atoms with Gasteiger partial charge in [0.1, 0.15) is 6.10 Å². The van der Waals surface area contributed by atoms with Crippen molar-refractivity contribution >= 4 is 34.8 Å². The van der Waals surface area contributed by atoms with Gasteiger partial charge < -0.3 is 14.8 Å². The molecule has 0 unspecified atom stereocenters. The highest BCUT2D eigenvalue weighted by molar-refractivity contribution is 6.41. The van der Waals surface area contributed by atoms with Gasteiger partial charge in [-0.1, -0.05) is 34.8 Å². The predicted molar refractivity (Wildman–Crippen MR) is 103 cm³/mol. The summed E-state index contributed by atoms with van der Waals surface area (Å²) in [5, 5.41) is 5.02. The quantitative estimate of drug-likeness (QED) is 0.735. The van der Waals surface area contributed by atoms with Crippen molar-refractivity contribution in [2.45, 2.75) is 25.4 Å². The van der Waals surface area contributed by atoms with E-state index in [0.29, 0.717) is 27.6 Å². The van der Waals surface area contributed by atoms with Crippen LogP contribution in [-0.2, 0) is 0 Å². The van der Waals surface area contributed by atoms with Crippen molar-refractivity contribution < 1.29 is 9.47 Å². The van der Waals surface area contributed by atoms with Crippen LogP contribution < -0.4 is 14.8 Å². The summed E-state index contributed by atoms with van der Waals surface area (Å²) in [7, 11) is 0. The number of halogens is 3. The fourth-order valence-corrected chi connectivity index (χ4v) is 4.72. The highest BCUT2D eigenvalue weighted by atomic mass is 35.5. The van der Waals surface area contributed by atoms with Crippen molar-refractivity contribution in [3.63, 3.8) is 0 Å². The molecule has 1 saturated heterocycles. The van der Waals surface area contributed by atoms with Gasteiger partial charge in [-0.15, -0.1) is 0 Å². The van der Waals surface area contributed by atoms with E-state index in [9.17, 15) is 0 Å². The number of hydrogen-bond acceptors (Lipinski definition) is 3. The van der Waals surface area contributed by atoms with E-state index in [1.807, 2.05) is 13.0 Å². The zero-order chi connectivity index (χ0) is 17.6. The van der Waals surface area contributed by atoms with Crippen LogP contribution in [0, 0.1) is 0 Å². The summed E-state index contributed by atoms with van der Waals surface area (Å²) in [4.78, 5) is 0. The Morgan fingerprint density at radius 2 is 1.92 bits per heavy atom. The summed E-state index contributed by atoms with van der Waals surface area (Å²) in [6.45, 7) is 4.40. The van der Waals surface area contributed by atoms with Crippen LogP contribution in [0.5, 0.6) is 11.5 Å². The maximum atomic E-state index is 6.43. The molecular formula is C19H18Cl3NO2. The number of piperidine rings is 1. The van der Waals surface area contributed by atoms with Crippen molar-refractivity contribution in [1.29, 1.82) is 0 Å². The van der Waals surface area contributed by atoms with Gasteiger partial charge in [-0.25, -0.2) is 0 Å². The lowest BCUT2D eigenvalue weighted by molar-refractivity contribution is 0.166. The topological polar surface area (TPSA) is 30.5 Å². The van der Waals surface area contributed by atoms with Gasteiger partial charge in [0.2, 0.25) is 0 Å². The van der Waals surface area contributed by atoms with Crippen molar-refractivity contribution in [1.82, 2.24) is 5.32 Å². The molecule has 0 aliphatic carbocycles. The lowest BCUT2D eigenvalue weighted by Crippen LogP contribution is -2.37. The zero-order valence-corrected chi connectivity index (χ0v) is 16.0. The molecule has 4 rings (SSSR count). The second-order valence-corrected chi connectivity index (χ2v) is 7.58. The maximum Gasteiger partial charge on any atom is 0.165 e. The van der Waals surface area contributed by atoms with Crippen LogP contribution in [-0.4, -0.2) is 25.8 Å². The fraction of sp³-hybridized carbons (Fsp3) is 0.368. The summed E-state index contributed by atoms with van der Waals surface area (Å²) >= 11 is 18.9. The van der Waals surface area contributed by atoms with Gasteiger partial charge in [0, 0.05) is 28.6 Å². The first-order valence-electron chi connectivity index (χ1n) is 8.41. The Bertz CT molecular complexity index is 802. The zero-order valence-electron chi connectivity index (χ0n) is 13.7. The second kappa shape index (κ2) is 6.88. The van der Waals surface area contributed by atoms with Gasteiger partial charge in [0.15, 0.2) is 11.5 Å². The monoisotopic (exact) mass is 397 g/mol. The molecule has 0 bridgehead atoms. The molecule has 0 aromatic heterocycles. The Labute approximate surface area is 162 Å². The van der Waals surface area contributed by atoms with E-state index in [1.54, 1.807) is 12.1 Å². The minimum Gasteiger partial charge on any atom is -0.490 e. The molecule has 1 N–H and O–H groups in total. The van der Waals surface area contributed by atoms with E-state index in [0.717, 1.165) is 47.7 Å². The summed E-state index contributed by atoms with van der Waals surface area (Å²) in [6.07, 6.45) is 1.18. The fourth-order valence-electron chi connectivity index (χ4n) is 3.69. The molecule has 1 fully saturated rings. The molecule has 0 spiro atoms. The number of rotatable bonds is 3. The highest BCUT2D eigenvalue weighted by Crippen LogP contribution is 2.49. The molecule has 0 amide bonds. The Balaban J connectivity index is 1.87. The lowest BCUT2D eigenvalue weighted by Gasteiger charge is -2.24. The first-order chi connectivity index (χ1) is 12.1. The average molecular weight is 399 g/mol. The average Bonchev–Trinajstić information content (AvgIpc) is 2.93. The normalized spacial score (nSPS) is 21.4. The molecule has 132 valence electrons. The third-order valence-corrected chi connectivity index (χ3v) is 5.58. The van der Waals surface area contributed by atoms with E-state index < -0.39 is 0 Å². The third kappa shape index (κ3) is 3.08. The van der Waals surface area contributed by atoms with Crippen molar-refractivity contribution in [3.8, 4) is 22.6 Å². The summed E-state index contributed by atoms with van der Waals surface area (Å²) in [5.74, 6) is 1.91. The van der Waals surface area contributed by atoms with Crippen LogP contribution in [0.15, 0.2) is 24.3 Å². The molecule has 3 nitrogen and oxygen atoms in total. The van der Waals surface area contributed by atoms with E-state index in [2.05, 4.69) is 11.4 Å². The Morgan fingerprint density at radius 1 is 1.16 bits per heavy atom. The van der Waals surface area contributed by atoms with Crippen molar-refractivity contribution in [2.75, 3.05) is 19.7 Å². The Morgan fingerprint density at radius 3 is 2.64 bits per heavy atom. The van der Waals surface area contributed by atoms with Crippen LogP contribution in [0.3, 0.4) is 0 Å². The molecule has 2 aromatic rings. The van der Waals surface area contributed by atoms with Gasteiger partial charge in [-0.2, -0.15) is 0 Å². The number of benzene rings is 2. The van der Waals surface area contributed by atoms with Crippen LogP contribution in [0.25, 0.3) is 11.1 Å². The van der Waals surface area contributed by atoms with Gasteiger partial charge in [0.25, 0.3) is 0 Å².